The predicted molar refractivity (Wildman–Crippen MR) is 94.5 cm³/mol. The summed E-state index contributed by atoms with van der Waals surface area (Å²) < 4.78 is 18.5. The Morgan fingerprint density at radius 2 is 1.74 bits per heavy atom. The fourth-order valence-corrected chi connectivity index (χ4v) is 3.24. The molecule has 2 aliphatic rings. The van der Waals surface area contributed by atoms with Crippen molar-refractivity contribution in [2.75, 3.05) is 11.5 Å². The number of ether oxygens (including phenoxy) is 1. The number of anilines is 1. The molecule has 138 valence electrons. The summed E-state index contributed by atoms with van der Waals surface area (Å²) in [6.07, 6.45) is 0. The monoisotopic (exact) mass is 368 g/mol. The lowest BCUT2D eigenvalue weighted by Gasteiger charge is -2.20. The smallest absolute Gasteiger partial charge is 0.263 e. The Hall–Kier alpha value is -3.29. The number of hydrogen-bond donors (Lipinski definition) is 0. The van der Waals surface area contributed by atoms with E-state index in [-0.39, 0.29) is 18.3 Å². The summed E-state index contributed by atoms with van der Waals surface area (Å²) in [6.45, 7) is 2.67. The molecule has 0 N–H and O–H groups in total. The molecule has 0 bridgehead atoms. The maximum absolute atomic E-state index is 13.1. The van der Waals surface area contributed by atoms with Crippen LogP contribution in [0.1, 0.15) is 12.5 Å². The van der Waals surface area contributed by atoms with Gasteiger partial charge in [0, 0.05) is 0 Å². The fraction of sp³-hybridized carbons (Fsp3) is 0.263. The Morgan fingerprint density at radius 3 is 2.41 bits per heavy atom. The molecule has 8 heteroatoms. The highest BCUT2D eigenvalue weighted by Crippen LogP contribution is 2.33. The van der Waals surface area contributed by atoms with E-state index in [1.807, 2.05) is 6.92 Å². The molecule has 0 aromatic heterocycles. The Kier molecular flexibility index (Phi) is 4.31. The van der Waals surface area contributed by atoms with E-state index in [0.717, 1.165) is 10.5 Å². The SMILES string of the molecule is CCOc1ccc(N2C(=O)C3N=NN(Cc4ccc(F)cc4)C3C2=O)cc1. The molecule has 2 unspecified atom stereocenters. The number of nitrogens with zero attached hydrogens (tertiary/aromatic N) is 4. The Bertz CT molecular complexity index is 898. The van der Waals surface area contributed by atoms with Crippen LogP contribution < -0.4 is 9.64 Å². The van der Waals surface area contributed by atoms with Gasteiger partial charge in [-0.05, 0) is 48.9 Å². The van der Waals surface area contributed by atoms with Crippen molar-refractivity contribution in [2.24, 2.45) is 10.3 Å². The first-order valence-electron chi connectivity index (χ1n) is 8.61. The van der Waals surface area contributed by atoms with E-state index in [1.54, 1.807) is 36.4 Å². The maximum atomic E-state index is 13.1. The van der Waals surface area contributed by atoms with Crippen molar-refractivity contribution in [1.82, 2.24) is 5.01 Å². The summed E-state index contributed by atoms with van der Waals surface area (Å²) in [5, 5.41) is 9.45. The van der Waals surface area contributed by atoms with Crippen molar-refractivity contribution in [2.45, 2.75) is 25.6 Å². The molecular weight excluding hydrogens is 351 g/mol. The largest absolute Gasteiger partial charge is 0.494 e. The number of carbonyl (C=O) groups excluding carboxylic acids is 2. The summed E-state index contributed by atoms with van der Waals surface area (Å²) in [5.41, 5.74) is 1.25. The number of fused-ring (bicyclic) bond motifs is 1. The van der Waals surface area contributed by atoms with Gasteiger partial charge in [0.05, 0.1) is 18.8 Å². The van der Waals surface area contributed by atoms with Crippen LogP contribution in [0.15, 0.2) is 58.9 Å². The lowest BCUT2D eigenvalue weighted by atomic mass is 10.1. The number of halogens is 1. The fourth-order valence-electron chi connectivity index (χ4n) is 3.24. The average Bonchev–Trinajstić information content (AvgIpc) is 3.18. The topological polar surface area (TPSA) is 74.6 Å². The van der Waals surface area contributed by atoms with Gasteiger partial charge in [0.15, 0.2) is 12.1 Å². The van der Waals surface area contributed by atoms with Gasteiger partial charge in [0.2, 0.25) is 0 Å². The minimum absolute atomic E-state index is 0.265. The third-order valence-corrected chi connectivity index (χ3v) is 4.52. The Morgan fingerprint density at radius 1 is 1.04 bits per heavy atom. The Labute approximate surface area is 155 Å². The number of amides is 2. The van der Waals surface area contributed by atoms with E-state index in [2.05, 4.69) is 10.3 Å². The molecule has 1 fully saturated rings. The molecule has 2 amide bonds. The molecule has 2 heterocycles. The molecule has 4 rings (SSSR count). The van der Waals surface area contributed by atoms with Gasteiger partial charge in [-0.1, -0.05) is 17.4 Å². The van der Waals surface area contributed by atoms with Gasteiger partial charge in [0.25, 0.3) is 11.8 Å². The number of hydrogen-bond acceptors (Lipinski definition) is 6. The zero-order valence-corrected chi connectivity index (χ0v) is 14.6. The quantitative estimate of drug-likeness (QED) is 0.761. The van der Waals surface area contributed by atoms with Crippen molar-refractivity contribution >= 4 is 17.5 Å². The molecule has 2 aliphatic heterocycles. The maximum Gasteiger partial charge on any atom is 0.263 e. The highest BCUT2D eigenvalue weighted by Gasteiger charge is 2.54. The Balaban J connectivity index is 1.55. The first-order chi connectivity index (χ1) is 13.1. The number of imide groups is 1. The van der Waals surface area contributed by atoms with Crippen LogP contribution in [0.2, 0.25) is 0 Å². The molecule has 27 heavy (non-hydrogen) atoms. The van der Waals surface area contributed by atoms with E-state index in [4.69, 9.17) is 4.74 Å². The highest BCUT2D eigenvalue weighted by molar-refractivity contribution is 6.25. The van der Waals surface area contributed by atoms with E-state index in [0.29, 0.717) is 18.0 Å². The van der Waals surface area contributed by atoms with Crippen LogP contribution in [0.25, 0.3) is 0 Å². The molecule has 0 saturated carbocycles. The van der Waals surface area contributed by atoms with Crippen molar-refractivity contribution in [3.8, 4) is 5.75 Å². The minimum atomic E-state index is -0.857. The van der Waals surface area contributed by atoms with Crippen LogP contribution >= 0.6 is 0 Å². The number of benzene rings is 2. The molecule has 7 nitrogen and oxygen atoms in total. The normalized spacial score (nSPS) is 21.1. The van der Waals surface area contributed by atoms with Crippen LogP contribution in [-0.2, 0) is 16.1 Å². The van der Waals surface area contributed by atoms with Crippen molar-refractivity contribution in [1.29, 1.82) is 0 Å². The second kappa shape index (κ2) is 6.79. The van der Waals surface area contributed by atoms with Crippen LogP contribution in [0.5, 0.6) is 5.75 Å². The number of rotatable bonds is 5. The van der Waals surface area contributed by atoms with Gasteiger partial charge >= 0.3 is 0 Å². The zero-order chi connectivity index (χ0) is 19.0. The predicted octanol–water partition coefficient (Wildman–Crippen LogP) is 2.72. The molecule has 2 aromatic carbocycles. The van der Waals surface area contributed by atoms with Crippen molar-refractivity contribution in [3.63, 3.8) is 0 Å². The van der Waals surface area contributed by atoms with Gasteiger partial charge in [-0.3, -0.25) is 14.6 Å². The summed E-state index contributed by atoms with van der Waals surface area (Å²) in [4.78, 5) is 26.8. The standard InChI is InChI=1S/C19H17FN4O3/c1-2-27-15-9-7-14(8-10-15)24-18(25)16-17(19(24)26)23(22-21-16)11-12-3-5-13(20)6-4-12/h3-10,16-17H,2,11H2,1H3. The summed E-state index contributed by atoms with van der Waals surface area (Å²) in [6, 6.07) is 11.0. The lowest BCUT2D eigenvalue weighted by Crippen LogP contribution is -2.39. The van der Waals surface area contributed by atoms with Crippen LogP contribution in [0.4, 0.5) is 10.1 Å². The number of carbonyl (C=O) groups is 2. The van der Waals surface area contributed by atoms with Gasteiger partial charge in [-0.25, -0.2) is 9.29 Å². The van der Waals surface area contributed by atoms with Gasteiger partial charge < -0.3 is 4.74 Å². The summed E-state index contributed by atoms with van der Waals surface area (Å²) in [7, 11) is 0. The first-order valence-corrected chi connectivity index (χ1v) is 8.61. The second-order valence-corrected chi connectivity index (χ2v) is 6.26. The molecule has 0 spiro atoms. The third-order valence-electron chi connectivity index (χ3n) is 4.52. The van der Waals surface area contributed by atoms with Gasteiger partial charge in [-0.15, -0.1) is 0 Å². The molecule has 2 aromatic rings. The average molecular weight is 368 g/mol. The van der Waals surface area contributed by atoms with E-state index in [9.17, 15) is 14.0 Å². The molecule has 1 saturated heterocycles. The van der Waals surface area contributed by atoms with Gasteiger partial charge in [0.1, 0.15) is 11.6 Å². The zero-order valence-electron chi connectivity index (χ0n) is 14.6. The molecule has 0 radical (unpaired) electrons. The van der Waals surface area contributed by atoms with Gasteiger partial charge in [-0.2, -0.15) is 5.11 Å². The van der Waals surface area contributed by atoms with Crippen molar-refractivity contribution < 1.29 is 18.7 Å². The second-order valence-electron chi connectivity index (χ2n) is 6.26. The van der Waals surface area contributed by atoms with Crippen LogP contribution in [0, 0.1) is 5.82 Å². The van der Waals surface area contributed by atoms with E-state index >= 15 is 0 Å². The molecule has 0 aliphatic carbocycles. The highest BCUT2D eigenvalue weighted by atomic mass is 19.1. The van der Waals surface area contributed by atoms with Crippen molar-refractivity contribution in [3.05, 3.63) is 59.9 Å². The minimum Gasteiger partial charge on any atom is -0.494 e. The molecular formula is C19H17FN4O3. The molecule has 2 atom stereocenters. The van der Waals surface area contributed by atoms with E-state index in [1.165, 1.54) is 17.1 Å². The summed E-state index contributed by atoms with van der Waals surface area (Å²) >= 11 is 0. The lowest BCUT2D eigenvalue weighted by molar-refractivity contribution is -0.123. The van der Waals surface area contributed by atoms with Crippen LogP contribution in [-0.4, -0.2) is 35.5 Å². The van der Waals surface area contributed by atoms with Crippen LogP contribution in [0.3, 0.4) is 0 Å². The summed E-state index contributed by atoms with van der Waals surface area (Å²) in [5.74, 6) is -0.451. The third kappa shape index (κ3) is 3.03. The van der Waals surface area contributed by atoms with E-state index < -0.39 is 18.0 Å². The first kappa shape index (κ1) is 17.1.